The fraction of sp³-hybridized carbons (Fsp3) is 0.273. The summed E-state index contributed by atoms with van der Waals surface area (Å²) in [7, 11) is 1.40. The Morgan fingerprint density at radius 2 is 2.28 bits per heavy atom. The lowest BCUT2D eigenvalue weighted by atomic mass is 10.2. The molecule has 1 unspecified atom stereocenters. The van der Waals surface area contributed by atoms with Crippen LogP contribution >= 0.6 is 0 Å². The van der Waals surface area contributed by atoms with Crippen molar-refractivity contribution in [3.8, 4) is 5.75 Å². The van der Waals surface area contributed by atoms with E-state index in [4.69, 9.17) is 10.5 Å². The number of H-pyrrole nitrogens is 1. The van der Waals surface area contributed by atoms with Crippen LogP contribution in [0.15, 0.2) is 18.5 Å². The Hall–Kier alpha value is -2.31. The average molecular weight is 251 g/mol. The Morgan fingerprint density at radius 3 is 2.89 bits per heavy atom. The van der Waals surface area contributed by atoms with Gasteiger partial charge in [0.15, 0.2) is 11.6 Å². The molecule has 0 aliphatic rings. The van der Waals surface area contributed by atoms with Crippen molar-refractivity contribution in [2.75, 3.05) is 18.2 Å². The van der Waals surface area contributed by atoms with Gasteiger partial charge in [-0.05, 0) is 6.92 Å². The van der Waals surface area contributed by atoms with Gasteiger partial charge in [-0.15, -0.1) is 0 Å². The molecule has 18 heavy (non-hydrogen) atoms. The van der Waals surface area contributed by atoms with E-state index in [0.29, 0.717) is 17.2 Å². The predicted molar refractivity (Wildman–Crippen MR) is 65.8 cm³/mol. The fourth-order valence-corrected chi connectivity index (χ4v) is 1.58. The second-order valence-electron chi connectivity index (χ2n) is 3.81. The zero-order valence-corrected chi connectivity index (χ0v) is 10.1. The molecule has 0 saturated carbocycles. The summed E-state index contributed by atoms with van der Waals surface area (Å²) in [5.41, 5.74) is 6.63. The van der Waals surface area contributed by atoms with Gasteiger partial charge in [0.05, 0.1) is 24.5 Å². The number of ether oxygens (including phenoxy) is 1. The molecule has 1 heterocycles. The molecule has 1 atom stereocenters. The van der Waals surface area contributed by atoms with Crippen molar-refractivity contribution in [2.24, 2.45) is 0 Å². The highest BCUT2D eigenvalue weighted by molar-refractivity contribution is 5.69. The molecule has 0 aliphatic carbocycles. The van der Waals surface area contributed by atoms with Crippen LogP contribution in [0.4, 0.5) is 15.8 Å². The minimum absolute atomic E-state index is 0.134. The molecule has 0 radical (unpaired) electrons. The van der Waals surface area contributed by atoms with Gasteiger partial charge in [-0.3, -0.25) is 5.10 Å². The third-order valence-electron chi connectivity index (χ3n) is 2.54. The van der Waals surface area contributed by atoms with Crippen LogP contribution < -0.4 is 15.8 Å². The average Bonchev–Trinajstić information content (AvgIpc) is 2.86. The van der Waals surface area contributed by atoms with E-state index in [1.165, 1.54) is 25.6 Å². The third kappa shape index (κ3) is 2.34. The van der Waals surface area contributed by atoms with E-state index in [2.05, 4.69) is 20.5 Å². The van der Waals surface area contributed by atoms with Crippen LogP contribution in [0, 0.1) is 5.82 Å². The van der Waals surface area contributed by atoms with Gasteiger partial charge in [-0.2, -0.15) is 5.10 Å². The molecule has 0 amide bonds. The SMILES string of the molecule is COc1cc(NC(C)c2ncn[nH]2)c(N)cc1F. The van der Waals surface area contributed by atoms with Crippen LogP contribution in [0.5, 0.6) is 5.75 Å². The maximum absolute atomic E-state index is 13.4. The molecule has 7 heteroatoms. The first kappa shape index (κ1) is 12.2. The lowest BCUT2D eigenvalue weighted by Gasteiger charge is -2.15. The molecule has 1 aromatic carbocycles. The van der Waals surface area contributed by atoms with E-state index in [1.807, 2.05) is 6.92 Å². The standard InChI is InChI=1S/C11H14FN5O/c1-6(11-14-5-15-17-11)16-9-4-10(18-2)7(12)3-8(9)13/h3-6,16H,13H2,1-2H3,(H,14,15,17). The van der Waals surface area contributed by atoms with Gasteiger partial charge in [0.25, 0.3) is 0 Å². The fourth-order valence-electron chi connectivity index (χ4n) is 1.58. The van der Waals surface area contributed by atoms with Gasteiger partial charge in [0, 0.05) is 12.1 Å². The topological polar surface area (TPSA) is 88.8 Å². The first-order valence-corrected chi connectivity index (χ1v) is 5.36. The van der Waals surface area contributed by atoms with E-state index in [9.17, 15) is 4.39 Å². The first-order valence-electron chi connectivity index (χ1n) is 5.36. The molecule has 0 bridgehead atoms. The quantitative estimate of drug-likeness (QED) is 0.720. The van der Waals surface area contributed by atoms with E-state index in [1.54, 1.807) is 0 Å². The van der Waals surface area contributed by atoms with Crippen molar-refractivity contribution in [1.82, 2.24) is 15.2 Å². The van der Waals surface area contributed by atoms with Crippen LogP contribution in [0.2, 0.25) is 0 Å². The van der Waals surface area contributed by atoms with Crippen molar-refractivity contribution >= 4 is 11.4 Å². The molecule has 2 aromatic rings. The number of hydrogen-bond acceptors (Lipinski definition) is 5. The lowest BCUT2D eigenvalue weighted by molar-refractivity contribution is 0.387. The van der Waals surface area contributed by atoms with E-state index in [-0.39, 0.29) is 11.8 Å². The smallest absolute Gasteiger partial charge is 0.167 e. The van der Waals surface area contributed by atoms with Gasteiger partial charge in [0.1, 0.15) is 12.2 Å². The number of halogens is 1. The van der Waals surface area contributed by atoms with Crippen LogP contribution in [0.25, 0.3) is 0 Å². The Kier molecular flexibility index (Phi) is 3.31. The summed E-state index contributed by atoms with van der Waals surface area (Å²) in [6.07, 6.45) is 1.42. The van der Waals surface area contributed by atoms with E-state index in [0.717, 1.165) is 0 Å². The lowest BCUT2D eigenvalue weighted by Crippen LogP contribution is -2.10. The molecule has 0 aliphatic heterocycles. The van der Waals surface area contributed by atoms with Crippen molar-refractivity contribution in [3.05, 3.63) is 30.1 Å². The van der Waals surface area contributed by atoms with Crippen molar-refractivity contribution in [3.63, 3.8) is 0 Å². The first-order chi connectivity index (χ1) is 8.61. The number of rotatable bonds is 4. The molecular weight excluding hydrogens is 237 g/mol. The number of anilines is 2. The Morgan fingerprint density at radius 1 is 1.50 bits per heavy atom. The third-order valence-corrected chi connectivity index (χ3v) is 2.54. The van der Waals surface area contributed by atoms with Crippen molar-refractivity contribution in [2.45, 2.75) is 13.0 Å². The molecule has 96 valence electrons. The number of nitrogen functional groups attached to an aromatic ring is 1. The Balaban J connectivity index is 2.23. The number of nitrogens with one attached hydrogen (secondary N) is 2. The van der Waals surface area contributed by atoms with Crippen LogP contribution in [-0.4, -0.2) is 22.3 Å². The largest absolute Gasteiger partial charge is 0.494 e. The number of aromatic nitrogens is 3. The number of methoxy groups -OCH3 is 1. The molecular formula is C11H14FN5O. The molecule has 2 rings (SSSR count). The van der Waals surface area contributed by atoms with Crippen LogP contribution in [-0.2, 0) is 0 Å². The second kappa shape index (κ2) is 4.91. The monoisotopic (exact) mass is 251 g/mol. The molecule has 0 fully saturated rings. The summed E-state index contributed by atoms with van der Waals surface area (Å²) in [4.78, 5) is 4.03. The van der Waals surface area contributed by atoms with E-state index >= 15 is 0 Å². The van der Waals surface area contributed by atoms with Gasteiger partial charge < -0.3 is 15.8 Å². The van der Waals surface area contributed by atoms with Gasteiger partial charge >= 0.3 is 0 Å². The minimum Gasteiger partial charge on any atom is -0.494 e. The number of nitrogens with two attached hydrogens (primary N) is 1. The van der Waals surface area contributed by atoms with Gasteiger partial charge in [-0.25, -0.2) is 9.37 Å². The molecule has 4 N–H and O–H groups in total. The molecule has 6 nitrogen and oxygen atoms in total. The highest BCUT2D eigenvalue weighted by atomic mass is 19.1. The minimum atomic E-state index is -0.493. The number of aromatic amines is 1. The predicted octanol–water partition coefficient (Wildman–Crippen LogP) is 1.71. The van der Waals surface area contributed by atoms with Crippen molar-refractivity contribution < 1.29 is 9.13 Å². The van der Waals surface area contributed by atoms with Crippen LogP contribution in [0.3, 0.4) is 0 Å². The highest BCUT2D eigenvalue weighted by Gasteiger charge is 2.13. The summed E-state index contributed by atoms with van der Waals surface area (Å²) in [5.74, 6) is 0.307. The van der Waals surface area contributed by atoms with E-state index < -0.39 is 5.82 Å². The highest BCUT2D eigenvalue weighted by Crippen LogP contribution is 2.30. The summed E-state index contributed by atoms with van der Waals surface area (Å²) in [5, 5.41) is 9.62. The summed E-state index contributed by atoms with van der Waals surface area (Å²) in [6.45, 7) is 1.88. The molecule has 1 aromatic heterocycles. The van der Waals surface area contributed by atoms with Gasteiger partial charge in [0.2, 0.25) is 0 Å². The number of nitrogens with zero attached hydrogens (tertiary/aromatic N) is 2. The summed E-state index contributed by atoms with van der Waals surface area (Å²) < 4.78 is 18.3. The molecule has 0 spiro atoms. The zero-order chi connectivity index (χ0) is 13.1. The number of hydrogen-bond donors (Lipinski definition) is 3. The zero-order valence-electron chi connectivity index (χ0n) is 10.1. The maximum atomic E-state index is 13.4. The maximum Gasteiger partial charge on any atom is 0.167 e. The van der Waals surface area contributed by atoms with Crippen molar-refractivity contribution in [1.29, 1.82) is 0 Å². The Bertz CT molecular complexity index is 528. The molecule has 0 saturated heterocycles. The summed E-state index contributed by atoms with van der Waals surface area (Å²) in [6, 6.07) is 2.59. The second-order valence-corrected chi connectivity index (χ2v) is 3.81. The normalized spacial score (nSPS) is 12.2. The number of benzene rings is 1. The summed E-state index contributed by atoms with van der Waals surface area (Å²) >= 11 is 0. The van der Waals surface area contributed by atoms with Crippen LogP contribution in [0.1, 0.15) is 18.8 Å². The Labute approximate surface area is 103 Å². The van der Waals surface area contributed by atoms with Gasteiger partial charge in [-0.1, -0.05) is 0 Å².